The highest BCUT2D eigenvalue weighted by molar-refractivity contribution is 7.71. The molecule has 2 nitrogen and oxygen atoms in total. The Kier molecular flexibility index (Phi) is 2.91. The Morgan fingerprint density at radius 2 is 2.27 bits per heavy atom. The quantitative estimate of drug-likeness (QED) is 0.793. The van der Waals surface area contributed by atoms with Crippen LogP contribution in [0.15, 0.2) is 6.07 Å². The summed E-state index contributed by atoms with van der Waals surface area (Å²) in [6.07, 6.45) is 2.31. The van der Waals surface area contributed by atoms with Crippen LogP contribution in [0.3, 0.4) is 0 Å². The Morgan fingerprint density at radius 3 is 2.80 bits per heavy atom. The van der Waals surface area contributed by atoms with E-state index in [9.17, 15) is 0 Å². The van der Waals surface area contributed by atoms with Crippen molar-refractivity contribution in [1.82, 2.24) is 9.97 Å². The van der Waals surface area contributed by atoms with Crippen LogP contribution in [-0.2, 0) is 6.42 Å². The van der Waals surface area contributed by atoms with Crippen LogP contribution < -0.4 is 0 Å². The van der Waals surface area contributed by atoms with E-state index in [0.29, 0.717) is 11.8 Å². The summed E-state index contributed by atoms with van der Waals surface area (Å²) >= 11 is 5.19. The lowest BCUT2D eigenvalue weighted by atomic mass is 10.1. The predicted molar refractivity (Wildman–Crippen MR) is 64.5 cm³/mol. The van der Waals surface area contributed by atoms with Gasteiger partial charge in [0.15, 0.2) is 0 Å². The minimum atomic E-state index is 0.624. The van der Waals surface area contributed by atoms with E-state index in [0.717, 1.165) is 22.8 Å². The molecular formula is C12H18N2S. The van der Waals surface area contributed by atoms with Crippen molar-refractivity contribution >= 4 is 12.2 Å². The number of rotatable bonds is 3. The summed E-state index contributed by atoms with van der Waals surface area (Å²) in [5, 5.41) is 0. The van der Waals surface area contributed by atoms with Crippen molar-refractivity contribution in [3.63, 3.8) is 0 Å². The zero-order valence-corrected chi connectivity index (χ0v) is 10.4. The highest BCUT2D eigenvalue weighted by atomic mass is 32.1. The number of aromatic nitrogens is 2. The molecule has 2 unspecified atom stereocenters. The second-order valence-corrected chi connectivity index (χ2v) is 5.47. The molecule has 0 amide bonds. The average molecular weight is 222 g/mol. The summed E-state index contributed by atoms with van der Waals surface area (Å²) in [7, 11) is 0. The minimum Gasteiger partial charge on any atom is -0.347 e. The third-order valence-corrected chi connectivity index (χ3v) is 3.11. The van der Waals surface area contributed by atoms with Crippen molar-refractivity contribution in [2.75, 3.05) is 0 Å². The topological polar surface area (TPSA) is 28.7 Å². The van der Waals surface area contributed by atoms with E-state index in [1.165, 1.54) is 12.1 Å². The first-order valence-electron chi connectivity index (χ1n) is 5.66. The zero-order valence-electron chi connectivity index (χ0n) is 9.58. The summed E-state index contributed by atoms with van der Waals surface area (Å²) in [5.41, 5.74) is 1.24. The third kappa shape index (κ3) is 2.65. The van der Waals surface area contributed by atoms with Crippen LogP contribution in [0, 0.1) is 16.5 Å². The third-order valence-electron chi connectivity index (χ3n) is 2.91. The summed E-state index contributed by atoms with van der Waals surface area (Å²) in [5.74, 6) is 3.16. The fraction of sp³-hybridized carbons (Fsp3) is 0.667. The lowest BCUT2D eigenvalue weighted by molar-refractivity contribution is 0.628. The maximum absolute atomic E-state index is 5.19. The van der Waals surface area contributed by atoms with Gasteiger partial charge in [-0.25, -0.2) is 4.98 Å². The first-order chi connectivity index (χ1) is 7.06. The molecular weight excluding hydrogens is 204 g/mol. The van der Waals surface area contributed by atoms with E-state index >= 15 is 0 Å². The fourth-order valence-corrected chi connectivity index (χ4v) is 2.20. The summed E-state index contributed by atoms with van der Waals surface area (Å²) < 4.78 is 0.735. The van der Waals surface area contributed by atoms with Crippen molar-refractivity contribution in [3.8, 4) is 0 Å². The molecule has 1 heterocycles. The van der Waals surface area contributed by atoms with Gasteiger partial charge in [0, 0.05) is 11.6 Å². The number of nitrogens with one attached hydrogen (secondary N) is 1. The molecule has 0 aromatic carbocycles. The molecule has 0 bridgehead atoms. The van der Waals surface area contributed by atoms with Gasteiger partial charge in [-0.2, -0.15) is 0 Å². The molecule has 2 atom stereocenters. The van der Waals surface area contributed by atoms with Gasteiger partial charge in [0.1, 0.15) is 10.5 Å². The van der Waals surface area contributed by atoms with E-state index in [1.807, 2.05) is 6.07 Å². The monoisotopic (exact) mass is 222 g/mol. The second kappa shape index (κ2) is 4.05. The Morgan fingerprint density at radius 1 is 1.60 bits per heavy atom. The van der Waals surface area contributed by atoms with Gasteiger partial charge in [0.05, 0.1) is 0 Å². The summed E-state index contributed by atoms with van der Waals surface area (Å²) in [4.78, 5) is 7.84. The molecule has 1 N–H and O–H groups in total. The molecule has 1 saturated carbocycles. The van der Waals surface area contributed by atoms with Crippen LogP contribution in [0.2, 0.25) is 0 Å². The Bertz CT molecular complexity index is 408. The largest absolute Gasteiger partial charge is 0.347 e. The number of hydrogen-bond acceptors (Lipinski definition) is 2. The van der Waals surface area contributed by atoms with Gasteiger partial charge in [-0.15, -0.1) is 0 Å². The molecule has 0 spiro atoms. The van der Waals surface area contributed by atoms with Gasteiger partial charge < -0.3 is 4.98 Å². The Hall–Kier alpha value is -0.700. The smallest absolute Gasteiger partial charge is 0.129 e. The number of H-pyrrole nitrogens is 1. The second-order valence-electron chi connectivity index (χ2n) is 5.05. The molecule has 1 aromatic rings. The van der Waals surface area contributed by atoms with Crippen molar-refractivity contribution in [2.24, 2.45) is 11.8 Å². The van der Waals surface area contributed by atoms with Crippen LogP contribution in [0.25, 0.3) is 0 Å². The van der Waals surface area contributed by atoms with Crippen molar-refractivity contribution in [1.29, 1.82) is 0 Å². The van der Waals surface area contributed by atoms with Gasteiger partial charge in [-0.05, 0) is 30.7 Å². The van der Waals surface area contributed by atoms with Gasteiger partial charge in [-0.1, -0.05) is 33.0 Å². The molecule has 1 aliphatic rings. The summed E-state index contributed by atoms with van der Waals surface area (Å²) in [6.45, 7) is 6.70. The summed E-state index contributed by atoms with van der Waals surface area (Å²) in [6, 6.07) is 1.99. The molecule has 0 saturated heterocycles. The molecule has 15 heavy (non-hydrogen) atoms. The van der Waals surface area contributed by atoms with Crippen molar-refractivity contribution in [2.45, 2.75) is 39.5 Å². The van der Waals surface area contributed by atoms with E-state index < -0.39 is 0 Å². The number of hydrogen-bond donors (Lipinski definition) is 1. The molecule has 1 fully saturated rings. The van der Waals surface area contributed by atoms with Gasteiger partial charge in [0.2, 0.25) is 0 Å². The number of nitrogens with zero attached hydrogens (tertiary/aromatic N) is 1. The Labute approximate surface area is 96.1 Å². The van der Waals surface area contributed by atoms with Gasteiger partial charge in [0.25, 0.3) is 0 Å². The highest BCUT2D eigenvalue weighted by Crippen LogP contribution is 2.45. The maximum Gasteiger partial charge on any atom is 0.129 e. The first-order valence-corrected chi connectivity index (χ1v) is 6.07. The SMILES string of the molecule is CC(C)Cc1cc(=S)nc(C2CC2C)[nH]1. The van der Waals surface area contributed by atoms with Crippen LogP contribution in [0.5, 0.6) is 0 Å². The van der Waals surface area contributed by atoms with Crippen LogP contribution >= 0.6 is 12.2 Å². The standard InChI is InChI=1S/C12H18N2S/c1-7(2)4-9-6-11(15)14-12(13-9)10-5-8(10)3/h6-8,10H,4-5H2,1-3H3,(H,13,14,15). The lowest BCUT2D eigenvalue weighted by Crippen LogP contribution is -2.02. The lowest BCUT2D eigenvalue weighted by Gasteiger charge is -2.07. The van der Waals surface area contributed by atoms with E-state index in [2.05, 4.69) is 30.7 Å². The van der Waals surface area contributed by atoms with Gasteiger partial charge in [-0.3, -0.25) is 0 Å². The molecule has 0 radical (unpaired) electrons. The molecule has 82 valence electrons. The normalized spacial score (nSPS) is 24.5. The molecule has 1 aromatic heterocycles. The average Bonchev–Trinajstić information content (AvgIpc) is 2.80. The molecule has 3 heteroatoms. The van der Waals surface area contributed by atoms with Crippen LogP contribution in [0.1, 0.15) is 44.6 Å². The van der Waals surface area contributed by atoms with E-state index in [1.54, 1.807) is 0 Å². The predicted octanol–water partition coefficient (Wildman–Crippen LogP) is 3.46. The van der Waals surface area contributed by atoms with Crippen LogP contribution in [-0.4, -0.2) is 9.97 Å². The molecule has 2 rings (SSSR count). The maximum atomic E-state index is 5.19. The zero-order chi connectivity index (χ0) is 11.0. The van der Waals surface area contributed by atoms with Crippen molar-refractivity contribution < 1.29 is 0 Å². The Balaban J connectivity index is 2.25. The van der Waals surface area contributed by atoms with Crippen LogP contribution in [0.4, 0.5) is 0 Å². The van der Waals surface area contributed by atoms with Gasteiger partial charge >= 0.3 is 0 Å². The molecule has 1 aliphatic carbocycles. The first kappa shape index (κ1) is 10.8. The fourth-order valence-electron chi connectivity index (χ4n) is 1.96. The number of aromatic amines is 1. The van der Waals surface area contributed by atoms with E-state index in [4.69, 9.17) is 12.2 Å². The van der Waals surface area contributed by atoms with E-state index in [-0.39, 0.29) is 0 Å². The van der Waals surface area contributed by atoms with Crippen molar-refractivity contribution in [3.05, 3.63) is 22.2 Å². The highest BCUT2D eigenvalue weighted by Gasteiger charge is 2.36. The minimum absolute atomic E-state index is 0.624. The molecule has 0 aliphatic heterocycles.